The molecule has 6 nitrogen and oxygen atoms in total. The summed E-state index contributed by atoms with van der Waals surface area (Å²) < 4.78 is 41.5. The second kappa shape index (κ2) is 8.40. The SMILES string of the molecule is Cc1cccc(Cn2ccc(NC(=O)CCn3nc(C(F)(F)F)c(Br)c3C)n2)c1. The number of hydrogen-bond donors (Lipinski definition) is 1. The van der Waals surface area contributed by atoms with Crippen molar-refractivity contribution in [3.05, 3.63) is 63.5 Å². The van der Waals surface area contributed by atoms with Gasteiger partial charge in [0.2, 0.25) is 5.91 Å². The Balaban J connectivity index is 1.57. The second-order valence-electron chi connectivity index (χ2n) is 6.65. The van der Waals surface area contributed by atoms with Gasteiger partial charge in [-0.25, -0.2) is 0 Å². The monoisotopic (exact) mass is 469 g/mol. The van der Waals surface area contributed by atoms with E-state index in [9.17, 15) is 18.0 Å². The van der Waals surface area contributed by atoms with Crippen molar-refractivity contribution in [3.63, 3.8) is 0 Å². The highest BCUT2D eigenvalue weighted by Gasteiger charge is 2.37. The molecule has 0 aliphatic carbocycles. The van der Waals surface area contributed by atoms with Crippen LogP contribution >= 0.6 is 15.9 Å². The molecule has 29 heavy (non-hydrogen) atoms. The predicted molar refractivity (Wildman–Crippen MR) is 105 cm³/mol. The molecule has 0 radical (unpaired) electrons. The molecule has 0 fully saturated rings. The van der Waals surface area contributed by atoms with E-state index < -0.39 is 11.9 Å². The summed E-state index contributed by atoms with van der Waals surface area (Å²) in [5.41, 5.74) is 1.56. The van der Waals surface area contributed by atoms with Crippen molar-refractivity contribution < 1.29 is 18.0 Å². The summed E-state index contributed by atoms with van der Waals surface area (Å²) in [5, 5.41) is 10.5. The third-order valence-corrected chi connectivity index (χ3v) is 5.24. The summed E-state index contributed by atoms with van der Waals surface area (Å²) in [6.07, 6.45) is -2.83. The highest BCUT2D eigenvalue weighted by molar-refractivity contribution is 9.10. The molecule has 0 saturated heterocycles. The van der Waals surface area contributed by atoms with Gasteiger partial charge in [0.05, 0.1) is 23.3 Å². The number of aromatic nitrogens is 4. The summed E-state index contributed by atoms with van der Waals surface area (Å²) in [5.74, 6) is 0.0300. The van der Waals surface area contributed by atoms with Crippen LogP contribution < -0.4 is 5.32 Å². The number of amides is 1. The summed E-state index contributed by atoms with van der Waals surface area (Å²) >= 11 is 2.92. The van der Waals surface area contributed by atoms with Gasteiger partial charge in [0, 0.05) is 18.7 Å². The topological polar surface area (TPSA) is 64.7 Å². The van der Waals surface area contributed by atoms with Crippen LogP contribution in [0.5, 0.6) is 0 Å². The Labute approximate surface area is 173 Å². The van der Waals surface area contributed by atoms with Crippen LogP contribution in [0.3, 0.4) is 0 Å². The first kappa shape index (κ1) is 21.1. The Morgan fingerprint density at radius 2 is 1.97 bits per heavy atom. The fourth-order valence-corrected chi connectivity index (χ4v) is 3.36. The van der Waals surface area contributed by atoms with Gasteiger partial charge in [0.1, 0.15) is 0 Å². The lowest BCUT2D eigenvalue weighted by Crippen LogP contribution is -2.16. The van der Waals surface area contributed by atoms with E-state index >= 15 is 0 Å². The zero-order valence-electron chi connectivity index (χ0n) is 15.8. The number of hydrogen-bond acceptors (Lipinski definition) is 3. The Hall–Kier alpha value is -2.62. The number of halogens is 4. The molecular weight excluding hydrogens is 451 g/mol. The number of carbonyl (C=O) groups excluding carboxylic acids is 1. The highest BCUT2D eigenvalue weighted by atomic mass is 79.9. The molecule has 0 atom stereocenters. The van der Waals surface area contributed by atoms with Crippen molar-refractivity contribution >= 4 is 27.7 Å². The molecule has 2 heterocycles. The van der Waals surface area contributed by atoms with Gasteiger partial charge in [0.25, 0.3) is 0 Å². The van der Waals surface area contributed by atoms with E-state index in [-0.39, 0.29) is 23.3 Å². The van der Waals surface area contributed by atoms with Crippen LogP contribution in [0, 0.1) is 13.8 Å². The smallest absolute Gasteiger partial charge is 0.309 e. The van der Waals surface area contributed by atoms with Crippen molar-refractivity contribution in [1.82, 2.24) is 19.6 Å². The fourth-order valence-electron chi connectivity index (χ4n) is 2.85. The third kappa shape index (κ3) is 5.26. The van der Waals surface area contributed by atoms with E-state index in [2.05, 4.69) is 37.5 Å². The molecule has 0 spiro atoms. The largest absolute Gasteiger partial charge is 0.436 e. The Bertz CT molecular complexity index is 1030. The van der Waals surface area contributed by atoms with Gasteiger partial charge in [-0.3, -0.25) is 14.2 Å². The van der Waals surface area contributed by atoms with E-state index in [1.807, 2.05) is 25.1 Å². The van der Waals surface area contributed by atoms with Gasteiger partial charge < -0.3 is 5.32 Å². The molecule has 154 valence electrons. The lowest BCUT2D eigenvalue weighted by molar-refractivity contribution is -0.142. The number of anilines is 1. The maximum atomic E-state index is 12.9. The Kier molecular flexibility index (Phi) is 6.11. The lowest BCUT2D eigenvalue weighted by atomic mass is 10.1. The molecule has 0 bridgehead atoms. The minimum atomic E-state index is -4.55. The first-order chi connectivity index (χ1) is 13.6. The third-order valence-electron chi connectivity index (χ3n) is 4.29. The molecule has 0 unspecified atom stereocenters. The standard InChI is InChI=1S/C19H19BrF3N5O/c1-12-4-3-5-14(10-12)11-27-8-6-15(25-27)24-16(29)7-9-28-13(2)17(20)18(26-28)19(21,22)23/h3-6,8,10H,7,9,11H2,1-2H3,(H,24,25,29). The first-order valence-corrected chi connectivity index (χ1v) is 9.62. The zero-order valence-corrected chi connectivity index (χ0v) is 17.4. The number of carbonyl (C=O) groups is 1. The molecular formula is C19H19BrF3N5O. The quantitative estimate of drug-likeness (QED) is 0.575. The molecule has 1 amide bonds. The van der Waals surface area contributed by atoms with Crippen LogP contribution in [0.25, 0.3) is 0 Å². The van der Waals surface area contributed by atoms with Crippen LogP contribution in [-0.4, -0.2) is 25.5 Å². The van der Waals surface area contributed by atoms with E-state index in [1.54, 1.807) is 16.9 Å². The zero-order chi connectivity index (χ0) is 21.2. The van der Waals surface area contributed by atoms with Crippen molar-refractivity contribution in [2.24, 2.45) is 0 Å². The molecule has 2 aromatic heterocycles. The number of nitrogens with one attached hydrogen (secondary N) is 1. The average molecular weight is 470 g/mol. The van der Waals surface area contributed by atoms with Gasteiger partial charge in [0.15, 0.2) is 11.5 Å². The molecule has 1 N–H and O–H groups in total. The summed E-state index contributed by atoms with van der Waals surface area (Å²) in [6.45, 7) is 4.11. The number of aryl methyl sites for hydroxylation is 2. The summed E-state index contributed by atoms with van der Waals surface area (Å²) in [4.78, 5) is 12.2. The fraction of sp³-hybridized carbons (Fsp3) is 0.316. The molecule has 3 aromatic rings. The van der Waals surface area contributed by atoms with Crippen LogP contribution in [0.15, 0.2) is 41.0 Å². The minimum Gasteiger partial charge on any atom is -0.309 e. The van der Waals surface area contributed by atoms with Crippen molar-refractivity contribution in [2.75, 3.05) is 5.32 Å². The maximum absolute atomic E-state index is 12.9. The normalized spacial score (nSPS) is 11.7. The lowest BCUT2D eigenvalue weighted by Gasteiger charge is -2.05. The summed E-state index contributed by atoms with van der Waals surface area (Å²) in [7, 11) is 0. The number of alkyl halides is 3. The second-order valence-corrected chi connectivity index (χ2v) is 7.45. The highest BCUT2D eigenvalue weighted by Crippen LogP contribution is 2.35. The number of rotatable bonds is 6. The minimum absolute atomic E-state index is 0.0242. The average Bonchev–Trinajstić information content (AvgIpc) is 3.18. The van der Waals surface area contributed by atoms with Gasteiger partial charge in [-0.05, 0) is 35.3 Å². The van der Waals surface area contributed by atoms with Crippen LogP contribution in [0.4, 0.5) is 19.0 Å². The van der Waals surface area contributed by atoms with Gasteiger partial charge in [-0.2, -0.15) is 23.4 Å². The van der Waals surface area contributed by atoms with Crippen molar-refractivity contribution in [1.29, 1.82) is 0 Å². The molecule has 0 aliphatic rings. The van der Waals surface area contributed by atoms with Crippen molar-refractivity contribution in [3.8, 4) is 0 Å². The maximum Gasteiger partial charge on any atom is 0.436 e. The van der Waals surface area contributed by atoms with Crippen LogP contribution in [0.2, 0.25) is 0 Å². The Morgan fingerprint density at radius 3 is 2.62 bits per heavy atom. The van der Waals surface area contributed by atoms with Crippen LogP contribution in [0.1, 0.15) is 28.9 Å². The van der Waals surface area contributed by atoms with E-state index in [0.29, 0.717) is 18.1 Å². The van der Waals surface area contributed by atoms with Crippen LogP contribution in [-0.2, 0) is 24.1 Å². The molecule has 0 aliphatic heterocycles. The molecule has 0 saturated carbocycles. The molecule has 3 rings (SSSR count). The summed E-state index contributed by atoms with van der Waals surface area (Å²) in [6, 6.07) is 9.70. The predicted octanol–water partition coefficient (Wildman–Crippen LogP) is 4.55. The van der Waals surface area contributed by atoms with Gasteiger partial charge in [-0.1, -0.05) is 29.8 Å². The molecule has 1 aromatic carbocycles. The van der Waals surface area contributed by atoms with Gasteiger partial charge in [-0.15, -0.1) is 0 Å². The number of benzene rings is 1. The number of nitrogens with zero attached hydrogens (tertiary/aromatic N) is 4. The molecule has 10 heteroatoms. The van der Waals surface area contributed by atoms with Crippen molar-refractivity contribution in [2.45, 2.75) is 39.5 Å². The van der Waals surface area contributed by atoms with E-state index in [1.165, 1.54) is 11.6 Å². The van der Waals surface area contributed by atoms with E-state index in [4.69, 9.17) is 0 Å². The first-order valence-electron chi connectivity index (χ1n) is 8.82. The van der Waals surface area contributed by atoms with E-state index in [0.717, 1.165) is 11.1 Å². The van der Waals surface area contributed by atoms with Gasteiger partial charge >= 0.3 is 6.18 Å². The Morgan fingerprint density at radius 1 is 1.21 bits per heavy atom.